The molecule has 0 atom stereocenters. The number of ether oxygens (including phenoxy) is 1. The number of hydrogen-bond acceptors (Lipinski definition) is 5. The molecule has 1 aromatic rings. The van der Waals surface area contributed by atoms with Crippen LogP contribution < -0.4 is 5.73 Å². The van der Waals surface area contributed by atoms with E-state index in [9.17, 15) is 4.79 Å². The van der Waals surface area contributed by atoms with Gasteiger partial charge >= 0.3 is 5.97 Å². The van der Waals surface area contributed by atoms with Crippen molar-refractivity contribution in [3.63, 3.8) is 0 Å². The minimum atomic E-state index is -0.500. The van der Waals surface area contributed by atoms with Gasteiger partial charge in [-0.3, -0.25) is 0 Å². The molecule has 0 saturated heterocycles. The largest absolute Gasteiger partial charge is 0.464 e. The first-order valence-electron chi connectivity index (χ1n) is 3.32. The van der Waals surface area contributed by atoms with E-state index >= 15 is 0 Å². The van der Waals surface area contributed by atoms with E-state index in [4.69, 9.17) is 5.73 Å². The number of esters is 1. The summed E-state index contributed by atoms with van der Waals surface area (Å²) in [6, 6.07) is 0. The van der Waals surface area contributed by atoms with Crippen LogP contribution in [0.5, 0.6) is 0 Å². The molecule has 1 rings (SSSR count). The maximum Gasteiger partial charge on any atom is 0.358 e. The van der Waals surface area contributed by atoms with E-state index in [0.29, 0.717) is 11.5 Å². The zero-order chi connectivity index (χ0) is 9.14. The number of aryl methyl sites for hydroxylation is 1. The van der Waals surface area contributed by atoms with Crippen LogP contribution in [0.4, 0.5) is 5.82 Å². The molecule has 0 aliphatic heterocycles. The Morgan fingerprint density at radius 2 is 2.33 bits per heavy atom. The third-order valence-corrected chi connectivity index (χ3v) is 1.34. The molecule has 0 spiro atoms. The van der Waals surface area contributed by atoms with Crippen molar-refractivity contribution in [2.45, 2.75) is 6.92 Å². The van der Waals surface area contributed by atoms with Gasteiger partial charge in [-0.25, -0.2) is 14.8 Å². The van der Waals surface area contributed by atoms with Crippen LogP contribution in [-0.4, -0.2) is 23.0 Å². The topological polar surface area (TPSA) is 78.1 Å². The summed E-state index contributed by atoms with van der Waals surface area (Å²) in [5, 5.41) is 0. The number of nitrogens with two attached hydrogens (primary N) is 1. The van der Waals surface area contributed by atoms with Crippen LogP contribution in [0.2, 0.25) is 0 Å². The molecule has 12 heavy (non-hydrogen) atoms. The van der Waals surface area contributed by atoms with Crippen LogP contribution in [-0.2, 0) is 4.74 Å². The highest BCUT2D eigenvalue weighted by Crippen LogP contribution is 2.04. The maximum absolute atomic E-state index is 11.0. The fourth-order valence-corrected chi connectivity index (χ4v) is 0.797. The summed E-state index contributed by atoms with van der Waals surface area (Å²) in [6.07, 6.45) is 1.32. The first kappa shape index (κ1) is 8.45. The maximum atomic E-state index is 11.0. The average Bonchev–Trinajstić information content (AvgIpc) is 2.03. The summed E-state index contributed by atoms with van der Waals surface area (Å²) in [4.78, 5) is 18.6. The molecule has 0 amide bonds. The molecule has 0 fully saturated rings. The second kappa shape index (κ2) is 3.17. The first-order chi connectivity index (χ1) is 5.65. The molecule has 0 bridgehead atoms. The van der Waals surface area contributed by atoms with Crippen molar-refractivity contribution >= 4 is 11.8 Å². The van der Waals surface area contributed by atoms with Gasteiger partial charge in [0.25, 0.3) is 0 Å². The Bertz CT molecular complexity index is 312. The third kappa shape index (κ3) is 1.50. The Labute approximate surface area is 69.6 Å². The summed E-state index contributed by atoms with van der Waals surface area (Å²) < 4.78 is 4.47. The lowest BCUT2D eigenvalue weighted by atomic mass is 10.3. The number of carbonyl (C=O) groups excluding carboxylic acids is 1. The van der Waals surface area contributed by atoms with Gasteiger partial charge in [0.2, 0.25) is 0 Å². The zero-order valence-corrected chi connectivity index (χ0v) is 6.87. The number of rotatable bonds is 1. The van der Waals surface area contributed by atoms with Crippen LogP contribution >= 0.6 is 0 Å². The Kier molecular flexibility index (Phi) is 2.23. The first-order valence-corrected chi connectivity index (χ1v) is 3.32. The zero-order valence-electron chi connectivity index (χ0n) is 6.87. The average molecular weight is 167 g/mol. The molecule has 64 valence electrons. The second-order valence-corrected chi connectivity index (χ2v) is 2.22. The number of anilines is 1. The van der Waals surface area contributed by atoms with Crippen molar-refractivity contribution in [3.8, 4) is 0 Å². The summed E-state index contributed by atoms with van der Waals surface area (Å²) >= 11 is 0. The SMILES string of the molecule is COC(=O)c1ncc(N)nc1C. The molecule has 5 nitrogen and oxygen atoms in total. The molecule has 0 saturated carbocycles. The molecule has 1 aromatic heterocycles. The van der Waals surface area contributed by atoms with E-state index in [0.717, 1.165) is 0 Å². The van der Waals surface area contributed by atoms with Crippen LogP contribution in [0.25, 0.3) is 0 Å². The van der Waals surface area contributed by atoms with Crippen molar-refractivity contribution in [2.24, 2.45) is 0 Å². The Hall–Kier alpha value is -1.65. The minimum Gasteiger partial charge on any atom is -0.464 e. The molecule has 0 radical (unpaired) electrons. The monoisotopic (exact) mass is 167 g/mol. The van der Waals surface area contributed by atoms with Crippen LogP contribution in [0.1, 0.15) is 16.2 Å². The highest BCUT2D eigenvalue weighted by Gasteiger charge is 2.11. The van der Waals surface area contributed by atoms with Crippen molar-refractivity contribution in [3.05, 3.63) is 17.6 Å². The van der Waals surface area contributed by atoms with Gasteiger partial charge in [0.1, 0.15) is 5.82 Å². The van der Waals surface area contributed by atoms with E-state index in [2.05, 4.69) is 14.7 Å². The lowest BCUT2D eigenvalue weighted by Crippen LogP contribution is -2.09. The molecule has 0 aromatic carbocycles. The van der Waals surface area contributed by atoms with Gasteiger partial charge in [0, 0.05) is 0 Å². The minimum absolute atomic E-state index is 0.201. The third-order valence-electron chi connectivity index (χ3n) is 1.34. The fraction of sp³-hybridized carbons (Fsp3) is 0.286. The number of carbonyl (C=O) groups is 1. The lowest BCUT2D eigenvalue weighted by Gasteiger charge is -2.01. The second-order valence-electron chi connectivity index (χ2n) is 2.22. The number of methoxy groups -OCH3 is 1. The van der Waals surface area contributed by atoms with Gasteiger partial charge in [-0.05, 0) is 6.92 Å². The van der Waals surface area contributed by atoms with Gasteiger partial charge in [-0.2, -0.15) is 0 Å². The summed E-state index contributed by atoms with van der Waals surface area (Å²) in [7, 11) is 1.29. The van der Waals surface area contributed by atoms with E-state index in [1.165, 1.54) is 13.3 Å². The smallest absolute Gasteiger partial charge is 0.358 e. The number of aromatic nitrogens is 2. The van der Waals surface area contributed by atoms with Crippen molar-refractivity contribution < 1.29 is 9.53 Å². The standard InChI is InChI=1S/C7H9N3O2/c1-4-6(7(11)12-2)9-3-5(8)10-4/h3H,1-2H3,(H2,8,10). The summed E-state index contributed by atoms with van der Waals surface area (Å²) in [5.74, 6) is -0.208. The number of hydrogen-bond donors (Lipinski definition) is 1. The lowest BCUT2D eigenvalue weighted by molar-refractivity contribution is 0.0592. The van der Waals surface area contributed by atoms with E-state index in [1.807, 2.05) is 0 Å². The van der Waals surface area contributed by atoms with Gasteiger partial charge in [-0.1, -0.05) is 0 Å². The summed E-state index contributed by atoms with van der Waals surface area (Å²) in [5.41, 5.74) is 6.02. The van der Waals surface area contributed by atoms with Gasteiger partial charge in [0.05, 0.1) is 19.0 Å². The molecular formula is C7H9N3O2. The van der Waals surface area contributed by atoms with Crippen molar-refractivity contribution in [2.75, 3.05) is 12.8 Å². The molecule has 0 unspecified atom stereocenters. The van der Waals surface area contributed by atoms with Crippen LogP contribution in [0.3, 0.4) is 0 Å². The molecule has 0 aliphatic rings. The number of nitrogens with zero attached hydrogens (tertiary/aromatic N) is 2. The van der Waals surface area contributed by atoms with Crippen LogP contribution in [0.15, 0.2) is 6.20 Å². The molecule has 2 N–H and O–H groups in total. The molecule has 1 heterocycles. The molecular weight excluding hydrogens is 158 g/mol. The van der Waals surface area contributed by atoms with Gasteiger partial charge in [0.15, 0.2) is 5.69 Å². The predicted octanol–water partition coefficient (Wildman–Crippen LogP) is 0.154. The normalized spacial score (nSPS) is 9.50. The van der Waals surface area contributed by atoms with Crippen LogP contribution in [0, 0.1) is 6.92 Å². The Morgan fingerprint density at radius 1 is 1.67 bits per heavy atom. The van der Waals surface area contributed by atoms with E-state index < -0.39 is 5.97 Å². The fourth-order valence-electron chi connectivity index (χ4n) is 0.797. The molecule has 5 heteroatoms. The Balaban J connectivity index is 3.09. The number of nitrogen functional groups attached to an aromatic ring is 1. The highest BCUT2D eigenvalue weighted by atomic mass is 16.5. The summed E-state index contributed by atoms with van der Waals surface area (Å²) in [6.45, 7) is 1.65. The predicted molar refractivity (Wildman–Crippen MR) is 42.5 cm³/mol. The van der Waals surface area contributed by atoms with Gasteiger partial charge in [-0.15, -0.1) is 0 Å². The van der Waals surface area contributed by atoms with E-state index in [1.54, 1.807) is 6.92 Å². The van der Waals surface area contributed by atoms with Crippen molar-refractivity contribution in [1.82, 2.24) is 9.97 Å². The molecule has 0 aliphatic carbocycles. The van der Waals surface area contributed by atoms with Gasteiger partial charge < -0.3 is 10.5 Å². The van der Waals surface area contributed by atoms with E-state index in [-0.39, 0.29) is 5.69 Å². The highest BCUT2D eigenvalue weighted by molar-refractivity contribution is 5.88. The quantitative estimate of drug-likeness (QED) is 0.602. The Morgan fingerprint density at radius 3 is 2.83 bits per heavy atom. The van der Waals surface area contributed by atoms with Crippen molar-refractivity contribution in [1.29, 1.82) is 0 Å².